The minimum Gasteiger partial charge on any atom is -0.406 e. The number of pyridine rings is 1. The maximum atomic E-state index is 13.4. The summed E-state index contributed by atoms with van der Waals surface area (Å²) in [5.41, 5.74) is -0.195. The molecule has 8 nitrogen and oxygen atoms in total. The number of alkyl halides is 3. The molecule has 2 aromatic rings. The van der Waals surface area contributed by atoms with E-state index < -0.39 is 21.8 Å². The number of carbonyl (C=O) groups excluding carboxylic acids is 1. The van der Waals surface area contributed by atoms with Gasteiger partial charge >= 0.3 is 6.36 Å². The largest absolute Gasteiger partial charge is 0.573 e. The minimum absolute atomic E-state index is 0.128. The van der Waals surface area contributed by atoms with Gasteiger partial charge in [0, 0.05) is 37.6 Å². The molecule has 2 saturated heterocycles. The van der Waals surface area contributed by atoms with Crippen molar-refractivity contribution in [2.24, 2.45) is 5.41 Å². The zero-order valence-corrected chi connectivity index (χ0v) is 19.6. The lowest BCUT2D eigenvalue weighted by Crippen LogP contribution is -2.46. The number of nitrogens with zero attached hydrogens (tertiary/aromatic N) is 3. The predicted molar refractivity (Wildman–Crippen MR) is 121 cm³/mol. The van der Waals surface area contributed by atoms with Crippen molar-refractivity contribution in [1.82, 2.24) is 9.29 Å². The summed E-state index contributed by atoms with van der Waals surface area (Å²) in [6, 6.07) is 8.60. The highest BCUT2D eigenvalue weighted by atomic mass is 32.2. The number of sulfonamides is 1. The summed E-state index contributed by atoms with van der Waals surface area (Å²) in [7, 11) is -3.78. The van der Waals surface area contributed by atoms with E-state index in [9.17, 15) is 26.4 Å². The second kappa shape index (κ2) is 8.66. The highest BCUT2D eigenvalue weighted by Crippen LogP contribution is 2.44. The number of hydrogen-bond acceptors (Lipinski definition) is 6. The Hall–Kier alpha value is -2.86. The number of nitrogens with one attached hydrogen (secondary N) is 1. The third-order valence-electron chi connectivity index (χ3n) is 6.88. The van der Waals surface area contributed by atoms with Crippen LogP contribution in [0.2, 0.25) is 0 Å². The van der Waals surface area contributed by atoms with E-state index >= 15 is 0 Å². The number of rotatable bonds is 6. The number of halogens is 3. The van der Waals surface area contributed by atoms with Gasteiger partial charge in [-0.2, -0.15) is 4.31 Å². The fourth-order valence-electron chi connectivity index (χ4n) is 4.78. The third-order valence-corrected chi connectivity index (χ3v) is 8.81. The van der Waals surface area contributed by atoms with Crippen LogP contribution in [0.4, 0.5) is 24.7 Å². The average molecular weight is 511 g/mol. The van der Waals surface area contributed by atoms with E-state index in [0.29, 0.717) is 37.3 Å². The van der Waals surface area contributed by atoms with Gasteiger partial charge < -0.3 is 15.0 Å². The minimum atomic E-state index is -4.78. The van der Waals surface area contributed by atoms with Gasteiger partial charge in [0.15, 0.2) is 0 Å². The van der Waals surface area contributed by atoms with Gasteiger partial charge in [-0.3, -0.25) is 4.79 Å². The predicted octanol–water partition coefficient (Wildman–Crippen LogP) is 3.76. The fourth-order valence-corrected chi connectivity index (χ4v) is 6.33. The molecule has 35 heavy (non-hydrogen) atoms. The Balaban J connectivity index is 1.26. The molecule has 1 aliphatic carbocycles. The van der Waals surface area contributed by atoms with Crippen molar-refractivity contribution in [1.29, 1.82) is 0 Å². The van der Waals surface area contributed by atoms with Crippen LogP contribution >= 0.6 is 0 Å². The van der Waals surface area contributed by atoms with Gasteiger partial charge in [-0.05, 0) is 68.5 Å². The Morgan fingerprint density at radius 2 is 1.69 bits per heavy atom. The molecule has 0 atom stereocenters. The highest BCUT2D eigenvalue weighted by molar-refractivity contribution is 7.89. The number of aromatic nitrogens is 1. The molecule has 12 heteroatoms. The van der Waals surface area contributed by atoms with Crippen LogP contribution in [0.25, 0.3) is 0 Å². The molecule has 1 amide bonds. The van der Waals surface area contributed by atoms with Crippen LogP contribution in [0, 0.1) is 5.41 Å². The summed E-state index contributed by atoms with van der Waals surface area (Å²) in [4.78, 5) is 19.3. The lowest BCUT2D eigenvalue weighted by molar-refractivity contribution is -0.274. The lowest BCUT2D eigenvalue weighted by Gasteiger charge is -2.37. The number of carbonyl (C=O) groups is 1. The molecular weight excluding hydrogens is 485 g/mol. The Morgan fingerprint density at radius 1 is 1.03 bits per heavy atom. The maximum absolute atomic E-state index is 13.4. The van der Waals surface area contributed by atoms with E-state index in [1.807, 2.05) is 0 Å². The number of ether oxygens (including phenoxy) is 1. The van der Waals surface area contributed by atoms with Gasteiger partial charge in [-0.1, -0.05) is 0 Å². The first-order valence-corrected chi connectivity index (χ1v) is 12.9. The molecule has 3 aliphatic rings. The van der Waals surface area contributed by atoms with Crippen LogP contribution in [0.15, 0.2) is 47.5 Å². The van der Waals surface area contributed by atoms with Crippen molar-refractivity contribution < 1.29 is 31.1 Å². The summed E-state index contributed by atoms with van der Waals surface area (Å²) >= 11 is 0. The first-order valence-electron chi connectivity index (χ1n) is 11.5. The number of benzene rings is 1. The fraction of sp³-hybridized carbons (Fsp3) is 0.478. The second-order valence-electron chi connectivity index (χ2n) is 9.20. The van der Waals surface area contributed by atoms with E-state index in [-0.39, 0.29) is 35.7 Å². The zero-order chi connectivity index (χ0) is 24.8. The molecule has 3 heterocycles. The smallest absolute Gasteiger partial charge is 0.406 e. The SMILES string of the molecule is O=C1N(c2ccc(OC(F)(F)F)cc2)CCC12CCN(S(=O)(=O)c1cccnc1NC1CC1)CC2. The first-order chi connectivity index (χ1) is 16.6. The third kappa shape index (κ3) is 4.81. The highest BCUT2D eigenvalue weighted by Gasteiger charge is 2.50. The van der Waals surface area contributed by atoms with Crippen LogP contribution in [0.5, 0.6) is 5.75 Å². The molecule has 1 spiro atoms. The Kier molecular flexibility index (Phi) is 5.91. The van der Waals surface area contributed by atoms with Crippen molar-refractivity contribution in [3.05, 3.63) is 42.6 Å². The van der Waals surface area contributed by atoms with E-state index in [0.717, 1.165) is 12.8 Å². The van der Waals surface area contributed by atoms with Crippen LogP contribution in [0.3, 0.4) is 0 Å². The standard InChI is InChI=1S/C23H25F3N4O4S/c24-23(25,26)34-18-7-5-17(6-8-18)30-15-11-22(21(30)31)9-13-29(14-10-22)35(32,33)19-2-1-12-27-20(19)28-16-3-4-16/h1-2,5-8,12,16H,3-4,9-11,13-15H2,(H,27,28). The van der Waals surface area contributed by atoms with E-state index in [2.05, 4.69) is 15.0 Å². The number of hydrogen-bond donors (Lipinski definition) is 1. The average Bonchev–Trinajstić information content (AvgIpc) is 3.58. The summed E-state index contributed by atoms with van der Waals surface area (Å²) < 4.78 is 69.3. The number of amides is 1. The van der Waals surface area contributed by atoms with Crippen molar-refractivity contribution >= 4 is 27.4 Å². The summed E-state index contributed by atoms with van der Waals surface area (Å²) in [5.74, 6) is -0.125. The number of piperidine rings is 1. The Labute approximate surface area is 201 Å². The Bertz CT molecular complexity index is 1210. The first kappa shape index (κ1) is 23.9. The molecule has 0 unspecified atom stereocenters. The topological polar surface area (TPSA) is 91.8 Å². The van der Waals surface area contributed by atoms with Crippen molar-refractivity contribution in [3.8, 4) is 5.75 Å². The van der Waals surface area contributed by atoms with Crippen LogP contribution in [-0.2, 0) is 14.8 Å². The zero-order valence-electron chi connectivity index (χ0n) is 18.8. The number of anilines is 2. The molecule has 5 rings (SSSR count). The van der Waals surface area contributed by atoms with Crippen molar-refractivity contribution in [2.45, 2.75) is 49.4 Å². The lowest BCUT2D eigenvalue weighted by atomic mass is 9.77. The maximum Gasteiger partial charge on any atom is 0.573 e. The van der Waals surface area contributed by atoms with Crippen LogP contribution in [-0.4, -0.2) is 55.7 Å². The van der Waals surface area contributed by atoms with Gasteiger partial charge in [0.1, 0.15) is 16.5 Å². The molecular formula is C23H25F3N4O4S. The summed E-state index contributed by atoms with van der Waals surface area (Å²) in [5, 5.41) is 3.18. The molecule has 0 radical (unpaired) electrons. The summed E-state index contributed by atoms with van der Waals surface area (Å²) in [6.45, 7) is 0.833. The Morgan fingerprint density at radius 3 is 2.31 bits per heavy atom. The van der Waals surface area contributed by atoms with Crippen molar-refractivity contribution in [3.63, 3.8) is 0 Å². The molecule has 1 aromatic carbocycles. The van der Waals surface area contributed by atoms with Crippen LogP contribution in [0.1, 0.15) is 32.1 Å². The van der Waals surface area contributed by atoms with E-state index in [4.69, 9.17) is 0 Å². The second-order valence-corrected chi connectivity index (χ2v) is 11.1. The monoisotopic (exact) mass is 510 g/mol. The molecule has 188 valence electrons. The normalized spacial score (nSPS) is 20.9. The van der Waals surface area contributed by atoms with Crippen molar-refractivity contribution in [2.75, 3.05) is 29.9 Å². The molecule has 1 aromatic heterocycles. The molecule has 3 fully saturated rings. The molecule has 1 N–H and O–H groups in total. The van der Waals surface area contributed by atoms with E-state index in [1.54, 1.807) is 23.2 Å². The van der Waals surface area contributed by atoms with Gasteiger partial charge in [0.05, 0.1) is 5.41 Å². The quantitative estimate of drug-likeness (QED) is 0.636. The molecule has 1 saturated carbocycles. The molecule has 2 aliphatic heterocycles. The van der Waals surface area contributed by atoms with Gasteiger partial charge in [0.2, 0.25) is 15.9 Å². The molecule has 0 bridgehead atoms. The van der Waals surface area contributed by atoms with Gasteiger partial charge in [-0.25, -0.2) is 13.4 Å². The van der Waals surface area contributed by atoms with E-state index in [1.165, 1.54) is 28.6 Å². The van der Waals surface area contributed by atoms with Gasteiger partial charge in [-0.15, -0.1) is 13.2 Å². The van der Waals surface area contributed by atoms with Crippen LogP contribution < -0.4 is 15.0 Å². The van der Waals surface area contributed by atoms with Gasteiger partial charge in [0.25, 0.3) is 0 Å². The summed E-state index contributed by atoms with van der Waals surface area (Å²) in [6.07, 6.45) is 0.0568.